The highest BCUT2D eigenvalue weighted by atomic mass is 16.6. The van der Waals surface area contributed by atoms with Gasteiger partial charge in [0.2, 0.25) is 0 Å². The summed E-state index contributed by atoms with van der Waals surface area (Å²) in [4.78, 5) is 34.5. The summed E-state index contributed by atoms with van der Waals surface area (Å²) in [5.41, 5.74) is 0.144. The third kappa shape index (κ3) is 7.03. The summed E-state index contributed by atoms with van der Waals surface area (Å²) in [6, 6.07) is 0. The van der Waals surface area contributed by atoms with Crippen molar-refractivity contribution < 1.29 is 28.6 Å². The Balaban J connectivity index is 4.90. The van der Waals surface area contributed by atoms with Gasteiger partial charge in [-0.1, -0.05) is 6.58 Å². The van der Waals surface area contributed by atoms with Crippen molar-refractivity contribution in [2.75, 3.05) is 19.8 Å². The first-order valence-electron chi connectivity index (χ1n) is 5.79. The maximum Gasteiger partial charge on any atom is 0.345 e. The van der Waals surface area contributed by atoms with Crippen LogP contribution in [-0.2, 0) is 28.6 Å². The van der Waals surface area contributed by atoms with Crippen molar-refractivity contribution in [2.45, 2.75) is 20.8 Å². The summed E-state index contributed by atoms with van der Waals surface area (Å²) in [5, 5.41) is 0. The molecule has 6 nitrogen and oxygen atoms in total. The van der Waals surface area contributed by atoms with Gasteiger partial charge in [0.15, 0.2) is 5.57 Å². The van der Waals surface area contributed by atoms with E-state index in [1.807, 2.05) is 0 Å². The van der Waals surface area contributed by atoms with Gasteiger partial charge in [0.1, 0.15) is 6.61 Å². The van der Waals surface area contributed by atoms with Crippen LogP contribution in [0.4, 0.5) is 0 Å². The van der Waals surface area contributed by atoms with E-state index in [1.165, 1.54) is 0 Å². The van der Waals surface area contributed by atoms with E-state index in [9.17, 15) is 14.4 Å². The minimum Gasteiger partial charge on any atom is -0.462 e. The quantitative estimate of drug-likeness (QED) is 0.172. The first kappa shape index (κ1) is 16.9. The van der Waals surface area contributed by atoms with Gasteiger partial charge in [-0.05, 0) is 26.3 Å². The molecular weight excluding hydrogens is 252 g/mol. The summed E-state index contributed by atoms with van der Waals surface area (Å²) in [6.07, 6.45) is 0.763. The number of esters is 3. The molecule has 0 heterocycles. The molecular formula is C13H18O6. The summed E-state index contributed by atoms with van der Waals surface area (Å²) in [6.45, 7) is 8.56. The van der Waals surface area contributed by atoms with Gasteiger partial charge in [0.05, 0.1) is 13.2 Å². The molecule has 0 aromatic carbocycles. The fraction of sp³-hybridized carbons (Fsp3) is 0.462. The molecule has 0 spiro atoms. The van der Waals surface area contributed by atoms with Crippen molar-refractivity contribution in [1.29, 1.82) is 0 Å². The fourth-order valence-electron chi connectivity index (χ4n) is 0.973. The molecule has 0 unspecified atom stereocenters. The highest BCUT2D eigenvalue weighted by Crippen LogP contribution is 2.04. The zero-order valence-electron chi connectivity index (χ0n) is 11.4. The number of rotatable bonds is 7. The molecule has 0 aromatic rings. The van der Waals surface area contributed by atoms with Crippen LogP contribution in [-0.4, -0.2) is 37.7 Å². The number of carbonyl (C=O) groups is 3. The first-order chi connectivity index (χ1) is 8.92. The molecule has 0 amide bonds. The molecule has 0 atom stereocenters. The Bertz CT molecular complexity index is 374. The lowest BCUT2D eigenvalue weighted by Gasteiger charge is -2.06. The average Bonchev–Trinajstić information content (AvgIpc) is 2.33. The molecule has 0 N–H and O–H groups in total. The predicted molar refractivity (Wildman–Crippen MR) is 67.1 cm³/mol. The lowest BCUT2D eigenvalue weighted by Crippen LogP contribution is -2.20. The van der Waals surface area contributed by atoms with Crippen LogP contribution in [0, 0.1) is 0 Å². The highest BCUT2D eigenvalue weighted by molar-refractivity contribution is 6.17. The van der Waals surface area contributed by atoms with E-state index in [0.29, 0.717) is 5.57 Å². The molecule has 0 fully saturated rings. The van der Waals surface area contributed by atoms with Crippen LogP contribution in [0.1, 0.15) is 20.8 Å². The lowest BCUT2D eigenvalue weighted by molar-refractivity contribution is -0.148. The van der Waals surface area contributed by atoms with Crippen molar-refractivity contribution in [2.24, 2.45) is 0 Å². The Labute approximate surface area is 112 Å². The van der Waals surface area contributed by atoms with E-state index >= 15 is 0 Å². The van der Waals surface area contributed by atoms with Gasteiger partial charge < -0.3 is 14.2 Å². The highest BCUT2D eigenvalue weighted by Gasteiger charge is 2.22. The smallest absolute Gasteiger partial charge is 0.345 e. The molecule has 0 aliphatic rings. The molecule has 0 saturated carbocycles. The minimum atomic E-state index is -0.923. The van der Waals surface area contributed by atoms with Gasteiger partial charge in [-0.3, -0.25) is 0 Å². The Morgan fingerprint density at radius 3 is 1.84 bits per heavy atom. The second kappa shape index (κ2) is 8.91. The Kier molecular flexibility index (Phi) is 7.92. The van der Waals surface area contributed by atoms with Gasteiger partial charge in [-0.2, -0.15) is 0 Å². The van der Waals surface area contributed by atoms with Gasteiger partial charge in [-0.25, -0.2) is 14.4 Å². The minimum absolute atomic E-state index is 0.00820. The van der Waals surface area contributed by atoms with Gasteiger partial charge in [-0.15, -0.1) is 0 Å². The molecule has 0 bridgehead atoms. The molecule has 0 saturated heterocycles. The van der Waals surface area contributed by atoms with Crippen molar-refractivity contribution in [3.63, 3.8) is 0 Å². The molecule has 0 aliphatic carbocycles. The standard InChI is InChI=1S/C13H18O6/c1-5-17-12(15)10(13(16)18-6-2)7-11(14)19-8-9(3)4/h7H,3,5-6,8H2,1-2,4H3. The number of carbonyl (C=O) groups excluding carboxylic acids is 3. The second-order valence-corrected chi connectivity index (χ2v) is 3.56. The number of ether oxygens (including phenoxy) is 3. The van der Waals surface area contributed by atoms with E-state index in [1.54, 1.807) is 20.8 Å². The largest absolute Gasteiger partial charge is 0.462 e. The summed E-state index contributed by atoms with van der Waals surface area (Å²) < 4.78 is 14.1. The summed E-state index contributed by atoms with van der Waals surface area (Å²) >= 11 is 0. The zero-order chi connectivity index (χ0) is 14.8. The predicted octanol–water partition coefficient (Wildman–Crippen LogP) is 1.16. The van der Waals surface area contributed by atoms with Crippen LogP contribution in [0.15, 0.2) is 23.8 Å². The Morgan fingerprint density at radius 2 is 1.47 bits per heavy atom. The molecule has 106 valence electrons. The van der Waals surface area contributed by atoms with Crippen LogP contribution in [0.3, 0.4) is 0 Å². The normalized spacial score (nSPS) is 9.21. The van der Waals surface area contributed by atoms with E-state index in [-0.39, 0.29) is 19.8 Å². The SMILES string of the molecule is C=C(C)COC(=O)C=C(C(=O)OCC)C(=O)OCC. The number of hydrogen-bond donors (Lipinski definition) is 0. The lowest BCUT2D eigenvalue weighted by atomic mass is 10.2. The van der Waals surface area contributed by atoms with Crippen molar-refractivity contribution in [3.8, 4) is 0 Å². The Hall–Kier alpha value is -2.11. The van der Waals surface area contributed by atoms with Crippen LogP contribution >= 0.6 is 0 Å². The van der Waals surface area contributed by atoms with E-state index in [0.717, 1.165) is 6.08 Å². The van der Waals surface area contributed by atoms with E-state index in [2.05, 4.69) is 16.1 Å². The molecule has 6 heteroatoms. The summed E-state index contributed by atoms with van der Waals surface area (Å²) in [7, 11) is 0. The van der Waals surface area contributed by atoms with Crippen LogP contribution in [0.5, 0.6) is 0 Å². The molecule has 19 heavy (non-hydrogen) atoms. The van der Waals surface area contributed by atoms with Gasteiger partial charge >= 0.3 is 17.9 Å². The van der Waals surface area contributed by atoms with Crippen molar-refractivity contribution in [3.05, 3.63) is 23.8 Å². The van der Waals surface area contributed by atoms with Crippen LogP contribution in [0.2, 0.25) is 0 Å². The van der Waals surface area contributed by atoms with Crippen molar-refractivity contribution in [1.82, 2.24) is 0 Å². The first-order valence-corrected chi connectivity index (χ1v) is 5.79. The second-order valence-electron chi connectivity index (χ2n) is 3.56. The van der Waals surface area contributed by atoms with Gasteiger partial charge in [0, 0.05) is 6.08 Å². The van der Waals surface area contributed by atoms with Crippen LogP contribution in [0.25, 0.3) is 0 Å². The van der Waals surface area contributed by atoms with E-state index in [4.69, 9.17) is 4.74 Å². The molecule has 0 aliphatic heterocycles. The maximum absolute atomic E-state index is 11.5. The molecule has 0 radical (unpaired) electrons. The monoisotopic (exact) mass is 270 g/mol. The Morgan fingerprint density at radius 1 is 1.00 bits per heavy atom. The van der Waals surface area contributed by atoms with E-state index < -0.39 is 23.5 Å². The third-order valence-corrected chi connectivity index (χ3v) is 1.71. The average molecular weight is 270 g/mol. The zero-order valence-corrected chi connectivity index (χ0v) is 11.4. The summed E-state index contributed by atoms with van der Waals surface area (Å²) in [5.74, 6) is -2.68. The molecule has 0 aromatic heterocycles. The molecule has 0 rings (SSSR count). The number of hydrogen-bond acceptors (Lipinski definition) is 6. The topological polar surface area (TPSA) is 78.9 Å². The maximum atomic E-state index is 11.5. The van der Waals surface area contributed by atoms with Crippen LogP contribution < -0.4 is 0 Å². The fourth-order valence-corrected chi connectivity index (χ4v) is 0.973. The van der Waals surface area contributed by atoms with Crippen molar-refractivity contribution >= 4 is 17.9 Å². The third-order valence-electron chi connectivity index (χ3n) is 1.71. The van der Waals surface area contributed by atoms with Gasteiger partial charge in [0.25, 0.3) is 0 Å².